The number of amides is 2. The number of carbonyl (C=O) groups excluding carboxylic acids is 3. The number of allylic oxidation sites excluding steroid dienone is 3. The molecule has 1 aromatic rings. The number of piperidine rings is 1. The summed E-state index contributed by atoms with van der Waals surface area (Å²) in [6.07, 6.45) is 7.03. The maximum Gasteiger partial charge on any atom is 0.245 e. The van der Waals surface area contributed by atoms with Crippen LogP contribution in [0.15, 0.2) is 47.2 Å². The van der Waals surface area contributed by atoms with E-state index >= 15 is 0 Å². The second-order valence-corrected chi connectivity index (χ2v) is 8.46. The molecule has 0 saturated carbocycles. The van der Waals surface area contributed by atoms with E-state index in [-0.39, 0.29) is 23.5 Å². The molecule has 1 aromatic carbocycles. The van der Waals surface area contributed by atoms with Gasteiger partial charge < -0.3 is 20.7 Å². The van der Waals surface area contributed by atoms with Crippen LogP contribution in [0.3, 0.4) is 0 Å². The molecule has 180 valence electrons. The van der Waals surface area contributed by atoms with Crippen LogP contribution in [-0.2, 0) is 20.8 Å². The zero-order chi connectivity index (χ0) is 24.2. The molecule has 1 aliphatic rings. The number of methoxy groups -OCH3 is 1. The lowest BCUT2D eigenvalue weighted by Crippen LogP contribution is -2.33. The Balaban J connectivity index is 2.24. The van der Waals surface area contributed by atoms with E-state index in [0.29, 0.717) is 36.6 Å². The van der Waals surface area contributed by atoms with Gasteiger partial charge in [-0.15, -0.1) is 0 Å². The highest BCUT2D eigenvalue weighted by molar-refractivity contribution is 5.99. The van der Waals surface area contributed by atoms with Crippen molar-refractivity contribution < 1.29 is 19.1 Å². The fraction of sp³-hybridized carbons (Fsp3) is 0.500. The zero-order valence-corrected chi connectivity index (χ0v) is 20.1. The fourth-order valence-corrected chi connectivity index (χ4v) is 4.27. The molecule has 7 nitrogen and oxygen atoms in total. The summed E-state index contributed by atoms with van der Waals surface area (Å²) in [5, 5.41) is 3.38. The first kappa shape index (κ1) is 26.3. The maximum atomic E-state index is 13.3. The van der Waals surface area contributed by atoms with Crippen LogP contribution in [0.1, 0.15) is 51.5 Å². The first-order chi connectivity index (χ1) is 15.9. The molecule has 1 aliphatic heterocycles. The minimum Gasteiger partial charge on any atom is -0.497 e. The largest absolute Gasteiger partial charge is 0.497 e. The van der Waals surface area contributed by atoms with Gasteiger partial charge in [0, 0.05) is 23.4 Å². The molecule has 0 bridgehead atoms. The van der Waals surface area contributed by atoms with Crippen LogP contribution in [-0.4, -0.2) is 49.7 Å². The Morgan fingerprint density at radius 3 is 2.61 bits per heavy atom. The number of hydrogen-bond donors (Lipinski definition) is 2. The van der Waals surface area contributed by atoms with E-state index < -0.39 is 5.91 Å². The fourth-order valence-electron chi connectivity index (χ4n) is 4.27. The summed E-state index contributed by atoms with van der Waals surface area (Å²) < 4.78 is 5.27. The third-order valence-electron chi connectivity index (χ3n) is 6.16. The molecule has 0 unspecified atom stereocenters. The van der Waals surface area contributed by atoms with E-state index in [1.165, 1.54) is 0 Å². The SMILES string of the molecule is CC/C(C(N)=O)=C(C=O)\C=C(/C)N(CCCC1CCNCC1)C(=O)Cc1cccc(OC)c1. The highest BCUT2D eigenvalue weighted by atomic mass is 16.5. The average Bonchev–Trinajstić information content (AvgIpc) is 2.81. The van der Waals surface area contributed by atoms with Crippen LogP contribution in [0.2, 0.25) is 0 Å². The first-order valence-electron chi connectivity index (χ1n) is 11.7. The van der Waals surface area contributed by atoms with Gasteiger partial charge in [0.2, 0.25) is 11.8 Å². The van der Waals surface area contributed by atoms with Crippen molar-refractivity contribution in [2.75, 3.05) is 26.7 Å². The summed E-state index contributed by atoms with van der Waals surface area (Å²) in [4.78, 5) is 38.5. The third kappa shape index (κ3) is 8.17. The standard InChI is InChI=1S/C26H37N3O4/c1-4-24(26(27)32)22(18-30)15-19(2)29(14-6-8-20-10-12-28-13-11-20)25(31)17-21-7-5-9-23(16-21)33-3/h5,7,9,15-16,18,20,28H,4,6,8,10-14,17H2,1-3H3,(H2,27,32)/b19-15+,24-22-. The summed E-state index contributed by atoms with van der Waals surface area (Å²) in [6, 6.07) is 7.45. The van der Waals surface area contributed by atoms with E-state index in [4.69, 9.17) is 10.5 Å². The Morgan fingerprint density at radius 1 is 1.27 bits per heavy atom. The molecular formula is C26H37N3O4. The maximum absolute atomic E-state index is 13.3. The summed E-state index contributed by atoms with van der Waals surface area (Å²) in [7, 11) is 1.60. The molecule has 1 saturated heterocycles. The van der Waals surface area contributed by atoms with Crippen molar-refractivity contribution in [3.8, 4) is 5.75 Å². The second kappa shape index (κ2) is 13.6. The van der Waals surface area contributed by atoms with Gasteiger partial charge >= 0.3 is 0 Å². The molecule has 3 N–H and O–H groups in total. The van der Waals surface area contributed by atoms with Crippen molar-refractivity contribution in [2.24, 2.45) is 11.7 Å². The predicted octanol–water partition coefficient (Wildman–Crippen LogP) is 3.14. The Bertz CT molecular complexity index is 885. The van der Waals surface area contributed by atoms with Crippen molar-refractivity contribution in [2.45, 2.75) is 52.4 Å². The Kier molecular flexibility index (Phi) is 10.8. The number of rotatable bonds is 12. The average molecular weight is 456 g/mol. The van der Waals surface area contributed by atoms with Crippen LogP contribution >= 0.6 is 0 Å². The topological polar surface area (TPSA) is 102 Å². The molecule has 1 heterocycles. The highest BCUT2D eigenvalue weighted by Crippen LogP contribution is 2.21. The lowest BCUT2D eigenvalue weighted by Gasteiger charge is -2.27. The smallest absolute Gasteiger partial charge is 0.245 e. The van der Waals surface area contributed by atoms with E-state index in [2.05, 4.69) is 5.32 Å². The molecule has 0 aliphatic carbocycles. The number of primary amides is 1. The van der Waals surface area contributed by atoms with Gasteiger partial charge in [0.15, 0.2) is 6.29 Å². The van der Waals surface area contributed by atoms with Gasteiger partial charge in [-0.3, -0.25) is 14.4 Å². The quantitative estimate of drug-likeness (QED) is 0.286. The van der Waals surface area contributed by atoms with Gasteiger partial charge in [-0.1, -0.05) is 19.1 Å². The van der Waals surface area contributed by atoms with E-state index in [0.717, 1.165) is 44.3 Å². The Labute approximate surface area is 197 Å². The van der Waals surface area contributed by atoms with Crippen LogP contribution < -0.4 is 15.8 Å². The monoisotopic (exact) mass is 455 g/mol. The predicted molar refractivity (Wildman–Crippen MR) is 130 cm³/mol. The van der Waals surface area contributed by atoms with Gasteiger partial charge in [0.05, 0.1) is 13.5 Å². The van der Waals surface area contributed by atoms with Crippen LogP contribution in [0, 0.1) is 5.92 Å². The third-order valence-corrected chi connectivity index (χ3v) is 6.16. The summed E-state index contributed by atoms with van der Waals surface area (Å²) in [6.45, 7) is 6.22. The number of ether oxygens (including phenoxy) is 1. The Morgan fingerprint density at radius 2 is 2.00 bits per heavy atom. The lowest BCUT2D eigenvalue weighted by molar-refractivity contribution is -0.128. The van der Waals surface area contributed by atoms with Gasteiger partial charge in [0.25, 0.3) is 0 Å². The minimum absolute atomic E-state index is 0.0651. The lowest BCUT2D eigenvalue weighted by atomic mass is 9.93. The number of nitrogens with two attached hydrogens (primary N) is 1. The molecule has 7 heteroatoms. The van der Waals surface area contributed by atoms with Crippen molar-refractivity contribution in [1.29, 1.82) is 0 Å². The minimum atomic E-state index is -0.621. The first-order valence-corrected chi connectivity index (χ1v) is 11.7. The van der Waals surface area contributed by atoms with Gasteiger partial charge in [-0.25, -0.2) is 0 Å². The second-order valence-electron chi connectivity index (χ2n) is 8.46. The van der Waals surface area contributed by atoms with Gasteiger partial charge in [-0.2, -0.15) is 0 Å². The van der Waals surface area contributed by atoms with Crippen molar-refractivity contribution >= 4 is 18.1 Å². The van der Waals surface area contributed by atoms with Crippen molar-refractivity contribution in [3.05, 3.63) is 52.7 Å². The summed E-state index contributed by atoms with van der Waals surface area (Å²) in [5.41, 5.74) is 7.41. The summed E-state index contributed by atoms with van der Waals surface area (Å²) in [5.74, 6) is 0.677. The molecule has 0 aromatic heterocycles. The molecule has 0 spiro atoms. The normalized spacial score (nSPS) is 15.5. The van der Waals surface area contributed by atoms with Crippen molar-refractivity contribution in [3.63, 3.8) is 0 Å². The molecular weight excluding hydrogens is 418 g/mol. The zero-order valence-electron chi connectivity index (χ0n) is 20.1. The Hall–Kier alpha value is -2.93. The van der Waals surface area contributed by atoms with E-state index in [1.54, 1.807) is 31.9 Å². The molecule has 1 fully saturated rings. The number of carbonyl (C=O) groups is 3. The summed E-state index contributed by atoms with van der Waals surface area (Å²) >= 11 is 0. The number of aldehydes is 1. The molecule has 0 radical (unpaired) electrons. The number of hydrogen-bond acceptors (Lipinski definition) is 5. The van der Waals surface area contributed by atoms with Crippen LogP contribution in [0.25, 0.3) is 0 Å². The van der Waals surface area contributed by atoms with Crippen LogP contribution in [0.5, 0.6) is 5.75 Å². The van der Waals surface area contributed by atoms with Crippen molar-refractivity contribution in [1.82, 2.24) is 10.2 Å². The van der Waals surface area contributed by atoms with Gasteiger partial charge in [0.1, 0.15) is 5.75 Å². The molecule has 0 atom stereocenters. The molecule has 2 rings (SSSR count). The van der Waals surface area contributed by atoms with E-state index in [1.807, 2.05) is 24.3 Å². The number of nitrogens with one attached hydrogen (secondary N) is 1. The van der Waals surface area contributed by atoms with Crippen LogP contribution in [0.4, 0.5) is 0 Å². The van der Waals surface area contributed by atoms with E-state index in [9.17, 15) is 14.4 Å². The highest BCUT2D eigenvalue weighted by Gasteiger charge is 2.19. The molecule has 2 amide bonds. The molecule has 33 heavy (non-hydrogen) atoms. The number of benzene rings is 1. The van der Waals surface area contributed by atoms with Gasteiger partial charge in [-0.05, 0) is 81.8 Å². The number of nitrogens with zero attached hydrogens (tertiary/aromatic N) is 1.